The fourth-order valence-corrected chi connectivity index (χ4v) is 2.97. The lowest BCUT2D eigenvalue weighted by atomic mass is 10.1. The zero-order valence-corrected chi connectivity index (χ0v) is 16.6. The molecule has 1 aliphatic rings. The molecule has 1 amide bonds. The summed E-state index contributed by atoms with van der Waals surface area (Å²) in [5.41, 5.74) is -1.02. The van der Waals surface area contributed by atoms with Crippen molar-refractivity contribution in [1.82, 2.24) is 9.88 Å². The van der Waals surface area contributed by atoms with Crippen molar-refractivity contribution in [3.63, 3.8) is 0 Å². The van der Waals surface area contributed by atoms with E-state index in [4.69, 9.17) is 9.47 Å². The van der Waals surface area contributed by atoms with Crippen molar-refractivity contribution in [2.45, 2.75) is 38.9 Å². The Morgan fingerprint density at radius 2 is 2.00 bits per heavy atom. The third kappa shape index (κ3) is 5.08. The van der Waals surface area contributed by atoms with E-state index in [1.807, 2.05) is 45.9 Å². The number of anilines is 1. The Hall–Kier alpha value is -1.34. The fourth-order valence-electron chi connectivity index (χ4n) is 2.64. The average molecular weight is 400 g/mol. The second-order valence-electron chi connectivity index (χ2n) is 7.30. The SMILES string of the molecule is COC1(C)CN(C(=O)OC(C)(C)C)CCN(c2cccc(Br)n2)C1. The molecule has 0 spiro atoms. The van der Waals surface area contributed by atoms with Crippen LogP contribution in [0, 0.1) is 0 Å². The Morgan fingerprint density at radius 3 is 2.58 bits per heavy atom. The van der Waals surface area contributed by atoms with E-state index in [1.165, 1.54) is 0 Å². The third-order valence-electron chi connectivity index (χ3n) is 3.86. The first-order chi connectivity index (χ1) is 11.1. The highest BCUT2D eigenvalue weighted by atomic mass is 79.9. The molecule has 2 heterocycles. The van der Waals surface area contributed by atoms with E-state index in [9.17, 15) is 4.79 Å². The van der Waals surface area contributed by atoms with Crippen LogP contribution in [0.4, 0.5) is 10.6 Å². The quantitative estimate of drug-likeness (QED) is 0.713. The van der Waals surface area contributed by atoms with Gasteiger partial charge in [-0.05, 0) is 55.8 Å². The van der Waals surface area contributed by atoms with Gasteiger partial charge in [0.25, 0.3) is 0 Å². The van der Waals surface area contributed by atoms with Crippen molar-refractivity contribution in [2.24, 2.45) is 0 Å². The summed E-state index contributed by atoms with van der Waals surface area (Å²) in [6.07, 6.45) is -0.310. The fraction of sp³-hybridized carbons (Fsp3) is 0.647. The maximum atomic E-state index is 12.5. The van der Waals surface area contributed by atoms with Gasteiger partial charge in [0.2, 0.25) is 0 Å². The molecular weight excluding hydrogens is 374 g/mol. The lowest BCUT2D eigenvalue weighted by molar-refractivity contribution is -0.0218. The normalized spacial score (nSPS) is 22.2. The van der Waals surface area contributed by atoms with Crippen LogP contribution in [-0.2, 0) is 9.47 Å². The number of pyridine rings is 1. The summed E-state index contributed by atoms with van der Waals surface area (Å²) in [4.78, 5) is 20.8. The number of methoxy groups -OCH3 is 1. The zero-order chi connectivity index (χ0) is 18.0. The van der Waals surface area contributed by atoms with Crippen LogP contribution in [0.3, 0.4) is 0 Å². The number of aromatic nitrogens is 1. The smallest absolute Gasteiger partial charge is 0.410 e. The second kappa shape index (κ2) is 7.27. The first-order valence-electron chi connectivity index (χ1n) is 8.02. The predicted octanol–water partition coefficient (Wildman–Crippen LogP) is 3.31. The van der Waals surface area contributed by atoms with Gasteiger partial charge < -0.3 is 19.3 Å². The van der Waals surface area contributed by atoms with Crippen LogP contribution in [-0.4, -0.2) is 60.5 Å². The predicted molar refractivity (Wildman–Crippen MR) is 97.4 cm³/mol. The maximum Gasteiger partial charge on any atom is 0.410 e. The van der Waals surface area contributed by atoms with Crippen molar-refractivity contribution in [1.29, 1.82) is 0 Å². The lowest BCUT2D eigenvalue weighted by Crippen LogP contribution is -2.48. The minimum Gasteiger partial charge on any atom is -0.444 e. The van der Waals surface area contributed by atoms with Gasteiger partial charge in [-0.15, -0.1) is 0 Å². The van der Waals surface area contributed by atoms with Gasteiger partial charge in [0.15, 0.2) is 0 Å². The Bertz CT molecular complexity index is 591. The first-order valence-corrected chi connectivity index (χ1v) is 8.82. The summed E-state index contributed by atoms with van der Waals surface area (Å²) in [5.74, 6) is 0.860. The molecule has 1 aromatic heterocycles. The van der Waals surface area contributed by atoms with E-state index in [2.05, 4.69) is 25.8 Å². The van der Waals surface area contributed by atoms with Gasteiger partial charge in [-0.1, -0.05) is 6.07 Å². The second-order valence-corrected chi connectivity index (χ2v) is 8.11. The van der Waals surface area contributed by atoms with Gasteiger partial charge in [0.05, 0.1) is 6.54 Å². The van der Waals surface area contributed by atoms with Crippen molar-refractivity contribution in [3.8, 4) is 0 Å². The molecule has 0 N–H and O–H groups in total. The summed E-state index contributed by atoms with van der Waals surface area (Å²) < 4.78 is 12.0. The number of carbonyl (C=O) groups excluding carboxylic acids is 1. The highest BCUT2D eigenvalue weighted by molar-refractivity contribution is 9.10. The molecule has 2 rings (SSSR count). The van der Waals surface area contributed by atoms with Crippen molar-refractivity contribution >= 4 is 27.8 Å². The summed E-state index contributed by atoms with van der Waals surface area (Å²) >= 11 is 3.41. The first kappa shape index (κ1) is 19.0. The van der Waals surface area contributed by atoms with E-state index < -0.39 is 11.2 Å². The number of rotatable bonds is 2. The van der Waals surface area contributed by atoms with Gasteiger partial charge in [-0.2, -0.15) is 0 Å². The lowest BCUT2D eigenvalue weighted by Gasteiger charge is -2.34. The zero-order valence-electron chi connectivity index (χ0n) is 15.0. The van der Waals surface area contributed by atoms with Gasteiger partial charge in [0, 0.05) is 26.7 Å². The van der Waals surface area contributed by atoms with Crippen LogP contribution in [0.25, 0.3) is 0 Å². The molecule has 0 saturated carbocycles. The van der Waals surface area contributed by atoms with Gasteiger partial charge in [-0.25, -0.2) is 9.78 Å². The highest BCUT2D eigenvalue weighted by Gasteiger charge is 2.36. The number of amides is 1. The standard InChI is InChI=1S/C17H26BrN3O3/c1-16(2,3)24-15(22)21-10-9-20(11-17(4,12-21)23-5)14-8-6-7-13(18)19-14/h6-8H,9-12H2,1-5H3. The van der Waals surface area contributed by atoms with Crippen molar-refractivity contribution in [3.05, 3.63) is 22.8 Å². The van der Waals surface area contributed by atoms with Crippen LogP contribution in [0.1, 0.15) is 27.7 Å². The molecule has 1 fully saturated rings. The van der Waals surface area contributed by atoms with E-state index >= 15 is 0 Å². The van der Waals surface area contributed by atoms with Gasteiger partial charge >= 0.3 is 6.09 Å². The Balaban J connectivity index is 2.20. The molecule has 134 valence electrons. The van der Waals surface area contributed by atoms with Crippen LogP contribution >= 0.6 is 15.9 Å². The molecular formula is C17H26BrN3O3. The number of halogens is 1. The van der Waals surface area contributed by atoms with Crippen LogP contribution in [0.5, 0.6) is 0 Å². The summed E-state index contributed by atoms with van der Waals surface area (Å²) in [6, 6.07) is 5.81. The third-order valence-corrected chi connectivity index (χ3v) is 4.30. The molecule has 1 saturated heterocycles. The molecule has 0 radical (unpaired) electrons. The topological polar surface area (TPSA) is 54.9 Å². The molecule has 0 aliphatic carbocycles. The molecule has 1 aromatic rings. The monoisotopic (exact) mass is 399 g/mol. The Labute approximate surface area is 152 Å². The minimum absolute atomic E-state index is 0.310. The van der Waals surface area contributed by atoms with E-state index in [-0.39, 0.29) is 6.09 Å². The van der Waals surface area contributed by atoms with Gasteiger partial charge in [-0.3, -0.25) is 0 Å². The van der Waals surface area contributed by atoms with Crippen molar-refractivity contribution in [2.75, 3.05) is 38.2 Å². The Kier molecular flexibility index (Phi) is 5.75. The molecule has 6 nitrogen and oxygen atoms in total. The number of nitrogens with zero attached hydrogens (tertiary/aromatic N) is 3. The average Bonchev–Trinajstić information content (AvgIpc) is 2.66. The van der Waals surface area contributed by atoms with Crippen LogP contribution in [0.2, 0.25) is 0 Å². The van der Waals surface area contributed by atoms with Crippen LogP contribution in [0.15, 0.2) is 22.8 Å². The highest BCUT2D eigenvalue weighted by Crippen LogP contribution is 2.24. The molecule has 1 unspecified atom stereocenters. The number of hydrogen-bond donors (Lipinski definition) is 0. The molecule has 1 aliphatic heterocycles. The van der Waals surface area contributed by atoms with E-state index in [0.29, 0.717) is 26.2 Å². The Morgan fingerprint density at radius 1 is 1.29 bits per heavy atom. The van der Waals surface area contributed by atoms with E-state index in [0.717, 1.165) is 10.4 Å². The van der Waals surface area contributed by atoms with Crippen molar-refractivity contribution < 1.29 is 14.3 Å². The van der Waals surface area contributed by atoms with E-state index in [1.54, 1.807) is 12.0 Å². The molecule has 7 heteroatoms. The largest absolute Gasteiger partial charge is 0.444 e. The maximum absolute atomic E-state index is 12.5. The summed E-state index contributed by atoms with van der Waals surface area (Å²) in [5, 5.41) is 0. The van der Waals surface area contributed by atoms with Crippen LogP contribution < -0.4 is 4.90 Å². The number of ether oxygens (including phenoxy) is 2. The summed E-state index contributed by atoms with van der Waals surface area (Å²) in [7, 11) is 1.67. The molecule has 0 bridgehead atoms. The minimum atomic E-state index is -0.515. The molecule has 24 heavy (non-hydrogen) atoms. The van der Waals surface area contributed by atoms with Gasteiger partial charge in [0.1, 0.15) is 21.6 Å². The number of carbonyl (C=O) groups is 1. The number of hydrogen-bond acceptors (Lipinski definition) is 5. The summed E-state index contributed by atoms with van der Waals surface area (Å²) in [6.45, 7) is 9.96. The molecule has 0 aromatic carbocycles. The molecule has 1 atom stereocenters.